The molecule has 1 rings (SSSR count). The zero-order valence-electron chi connectivity index (χ0n) is 11.2. The largest absolute Gasteiger partial charge is 0.493 e. The number of ether oxygens (including phenoxy) is 1. The van der Waals surface area contributed by atoms with Gasteiger partial charge in [0.15, 0.2) is 9.84 Å². The Bertz CT molecular complexity index is 515. The minimum absolute atomic E-state index is 0.0438. The smallest absolute Gasteiger partial charge is 0.153 e. The van der Waals surface area contributed by atoms with Crippen molar-refractivity contribution in [2.45, 2.75) is 26.3 Å². The van der Waals surface area contributed by atoms with E-state index in [1.807, 2.05) is 25.1 Å². The average molecular weight is 350 g/mol. The van der Waals surface area contributed by atoms with Crippen molar-refractivity contribution in [1.82, 2.24) is 0 Å². The molecule has 0 aliphatic heterocycles. The van der Waals surface area contributed by atoms with Crippen LogP contribution in [0.4, 0.5) is 0 Å². The van der Waals surface area contributed by atoms with Crippen LogP contribution in [0.25, 0.3) is 0 Å². The summed E-state index contributed by atoms with van der Waals surface area (Å²) in [7, 11) is -2.98. The maximum absolute atomic E-state index is 11.4. The highest BCUT2D eigenvalue weighted by atomic mass is 79.9. The maximum Gasteiger partial charge on any atom is 0.153 e. The summed E-state index contributed by atoms with van der Waals surface area (Å²) in [4.78, 5) is 0. The summed E-state index contributed by atoms with van der Waals surface area (Å²) in [6.07, 6.45) is 0.741. The summed E-state index contributed by atoms with van der Waals surface area (Å²) in [5, 5.41) is 0. The zero-order chi connectivity index (χ0) is 14.5. The van der Waals surface area contributed by atoms with Crippen LogP contribution >= 0.6 is 15.9 Å². The molecule has 0 aliphatic carbocycles. The molecule has 0 fully saturated rings. The van der Waals surface area contributed by atoms with Crippen molar-refractivity contribution in [1.29, 1.82) is 0 Å². The first kappa shape index (κ1) is 16.5. The molecular weight excluding hydrogens is 330 g/mol. The minimum Gasteiger partial charge on any atom is -0.493 e. The standard InChI is InChI=1S/C13H20BrNO3S/c1-3-19(16,17)7-6-18-12-4-5-13(14)11(9-12)8-10(2)15/h4-5,9-10H,3,6-8,15H2,1-2H3. The molecule has 1 aromatic rings. The van der Waals surface area contributed by atoms with Crippen LogP contribution in [-0.4, -0.2) is 32.6 Å². The molecule has 0 spiro atoms. The molecule has 2 N–H and O–H groups in total. The number of halogens is 1. The van der Waals surface area contributed by atoms with Crippen LogP contribution in [0.5, 0.6) is 5.75 Å². The van der Waals surface area contributed by atoms with Gasteiger partial charge in [-0.05, 0) is 37.1 Å². The van der Waals surface area contributed by atoms with E-state index in [2.05, 4.69) is 15.9 Å². The molecule has 0 aromatic heterocycles. The quantitative estimate of drug-likeness (QED) is 0.818. The van der Waals surface area contributed by atoms with Gasteiger partial charge in [-0.1, -0.05) is 22.9 Å². The molecule has 0 saturated carbocycles. The lowest BCUT2D eigenvalue weighted by Crippen LogP contribution is -2.18. The summed E-state index contributed by atoms with van der Waals surface area (Å²) in [6, 6.07) is 5.66. The van der Waals surface area contributed by atoms with E-state index >= 15 is 0 Å². The normalized spacial score (nSPS) is 13.3. The molecule has 108 valence electrons. The topological polar surface area (TPSA) is 69.4 Å². The van der Waals surface area contributed by atoms with Gasteiger partial charge in [-0.15, -0.1) is 0 Å². The molecule has 0 saturated heterocycles. The van der Waals surface area contributed by atoms with E-state index in [1.54, 1.807) is 6.92 Å². The Morgan fingerprint density at radius 2 is 2.11 bits per heavy atom. The lowest BCUT2D eigenvalue weighted by molar-refractivity contribution is 0.340. The summed E-state index contributed by atoms with van der Waals surface area (Å²) in [5.41, 5.74) is 6.84. The first-order chi connectivity index (χ1) is 8.84. The fraction of sp³-hybridized carbons (Fsp3) is 0.538. The lowest BCUT2D eigenvalue weighted by atomic mass is 10.1. The first-order valence-electron chi connectivity index (χ1n) is 6.21. The monoisotopic (exact) mass is 349 g/mol. The lowest BCUT2D eigenvalue weighted by Gasteiger charge is -2.11. The van der Waals surface area contributed by atoms with Crippen LogP contribution in [0, 0.1) is 0 Å². The van der Waals surface area contributed by atoms with Crippen molar-refractivity contribution in [3.63, 3.8) is 0 Å². The number of rotatable bonds is 7. The van der Waals surface area contributed by atoms with E-state index in [9.17, 15) is 8.42 Å². The number of hydrogen-bond acceptors (Lipinski definition) is 4. The van der Waals surface area contributed by atoms with Gasteiger partial charge in [-0.25, -0.2) is 8.42 Å². The molecular formula is C13H20BrNO3S. The van der Waals surface area contributed by atoms with Gasteiger partial charge < -0.3 is 10.5 Å². The molecule has 1 aromatic carbocycles. The van der Waals surface area contributed by atoms with Crippen LogP contribution in [-0.2, 0) is 16.3 Å². The van der Waals surface area contributed by atoms with Gasteiger partial charge in [-0.2, -0.15) is 0 Å². The van der Waals surface area contributed by atoms with Gasteiger partial charge in [0.2, 0.25) is 0 Å². The minimum atomic E-state index is -2.98. The second-order valence-electron chi connectivity index (χ2n) is 4.52. The van der Waals surface area contributed by atoms with Crippen molar-refractivity contribution in [3.05, 3.63) is 28.2 Å². The first-order valence-corrected chi connectivity index (χ1v) is 8.82. The Morgan fingerprint density at radius 3 is 2.68 bits per heavy atom. The molecule has 1 unspecified atom stereocenters. The number of sulfone groups is 1. The van der Waals surface area contributed by atoms with E-state index in [0.29, 0.717) is 5.75 Å². The van der Waals surface area contributed by atoms with Gasteiger partial charge in [0, 0.05) is 16.3 Å². The molecule has 1 atom stereocenters. The van der Waals surface area contributed by atoms with E-state index in [0.717, 1.165) is 16.5 Å². The highest BCUT2D eigenvalue weighted by Gasteiger charge is 2.09. The third-order valence-electron chi connectivity index (χ3n) is 2.66. The molecule has 0 amide bonds. The van der Waals surface area contributed by atoms with Gasteiger partial charge >= 0.3 is 0 Å². The Kier molecular flexibility index (Phi) is 6.29. The molecule has 19 heavy (non-hydrogen) atoms. The second kappa shape index (κ2) is 7.26. The third kappa shape index (κ3) is 5.93. The van der Waals surface area contributed by atoms with Gasteiger partial charge in [0.25, 0.3) is 0 Å². The Morgan fingerprint density at radius 1 is 1.42 bits per heavy atom. The number of benzene rings is 1. The predicted molar refractivity (Wildman–Crippen MR) is 81.3 cm³/mol. The number of hydrogen-bond donors (Lipinski definition) is 1. The Hall–Kier alpha value is -0.590. The highest BCUT2D eigenvalue weighted by Crippen LogP contribution is 2.23. The second-order valence-corrected chi connectivity index (χ2v) is 7.85. The van der Waals surface area contributed by atoms with Crippen molar-refractivity contribution < 1.29 is 13.2 Å². The van der Waals surface area contributed by atoms with Crippen LogP contribution in [0.2, 0.25) is 0 Å². The summed E-state index contributed by atoms with van der Waals surface area (Å²) >= 11 is 3.46. The average Bonchev–Trinajstić information content (AvgIpc) is 2.32. The third-order valence-corrected chi connectivity index (χ3v) is 5.10. The van der Waals surface area contributed by atoms with E-state index in [-0.39, 0.29) is 24.2 Å². The van der Waals surface area contributed by atoms with Crippen molar-refractivity contribution in [2.75, 3.05) is 18.1 Å². The van der Waals surface area contributed by atoms with E-state index in [1.165, 1.54) is 0 Å². The highest BCUT2D eigenvalue weighted by molar-refractivity contribution is 9.10. The van der Waals surface area contributed by atoms with E-state index in [4.69, 9.17) is 10.5 Å². The Balaban J connectivity index is 2.64. The zero-order valence-corrected chi connectivity index (χ0v) is 13.6. The van der Waals surface area contributed by atoms with Gasteiger partial charge in [-0.3, -0.25) is 0 Å². The van der Waals surface area contributed by atoms with Gasteiger partial charge in [0.05, 0.1) is 5.75 Å². The van der Waals surface area contributed by atoms with Crippen LogP contribution in [0.1, 0.15) is 19.4 Å². The van der Waals surface area contributed by atoms with E-state index < -0.39 is 9.84 Å². The Labute approximate surface area is 123 Å². The summed E-state index contributed by atoms with van der Waals surface area (Å²) in [5.74, 6) is 0.861. The molecule has 0 aliphatic rings. The van der Waals surface area contributed by atoms with Crippen molar-refractivity contribution in [2.24, 2.45) is 5.73 Å². The van der Waals surface area contributed by atoms with Crippen LogP contribution in [0.15, 0.2) is 22.7 Å². The molecule has 4 nitrogen and oxygen atoms in total. The maximum atomic E-state index is 11.4. The molecule has 0 heterocycles. The fourth-order valence-corrected chi connectivity index (χ4v) is 2.61. The predicted octanol–water partition coefficient (Wildman–Crippen LogP) is 2.15. The van der Waals surface area contributed by atoms with Crippen LogP contribution < -0.4 is 10.5 Å². The molecule has 0 bridgehead atoms. The van der Waals surface area contributed by atoms with Crippen molar-refractivity contribution >= 4 is 25.8 Å². The fourth-order valence-electron chi connectivity index (χ4n) is 1.58. The summed E-state index contributed by atoms with van der Waals surface area (Å²) in [6.45, 7) is 3.75. The van der Waals surface area contributed by atoms with Crippen LogP contribution in [0.3, 0.4) is 0 Å². The molecule has 0 radical (unpaired) electrons. The SMILES string of the molecule is CCS(=O)(=O)CCOc1ccc(Br)c(CC(C)N)c1. The molecule has 6 heteroatoms. The summed E-state index contributed by atoms with van der Waals surface area (Å²) < 4.78 is 29.2. The van der Waals surface area contributed by atoms with Crippen molar-refractivity contribution in [3.8, 4) is 5.75 Å². The van der Waals surface area contributed by atoms with Gasteiger partial charge in [0.1, 0.15) is 12.4 Å². The number of nitrogens with two attached hydrogens (primary N) is 1.